The number of allylic oxidation sites excluding steroid dienone is 2. The molecule has 1 aromatic heterocycles. The molecule has 0 fully saturated rings. The van der Waals surface area contributed by atoms with Crippen LogP contribution in [0.15, 0.2) is 41.4 Å². The van der Waals surface area contributed by atoms with E-state index in [9.17, 15) is 5.26 Å². The smallest absolute Gasteiger partial charge is 0.161 e. The Hall–Kier alpha value is -2.82. The maximum absolute atomic E-state index is 9.43. The number of hydrogen-bond donors (Lipinski definition) is 2. The quantitative estimate of drug-likeness (QED) is 0.593. The van der Waals surface area contributed by atoms with Gasteiger partial charge in [-0.2, -0.15) is 5.26 Å². The molecular formula is C22H30N4O2S. The Bertz CT molecular complexity index is 853. The molecule has 0 saturated heterocycles. The van der Waals surface area contributed by atoms with E-state index in [4.69, 9.17) is 9.47 Å². The lowest BCUT2D eigenvalue weighted by Gasteiger charge is -2.10. The van der Waals surface area contributed by atoms with Gasteiger partial charge in [0.2, 0.25) is 0 Å². The molecule has 0 aliphatic heterocycles. The highest BCUT2D eigenvalue weighted by atomic mass is 32.1. The maximum Gasteiger partial charge on any atom is 0.161 e. The summed E-state index contributed by atoms with van der Waals surface area (Å²) in [5.41, 5.74) is 6.22. The van der Waals surface area contributed by atoms with Gasteiger partial charge in [0.1, 0.15) is 11.1 Å². The lowest BCUT2D eigenvalue weighted by atomic mass is 10.2. The minimum absolute atomic E-state index is 0.171. The molecule has 0 aliphatic rings. The highest BCUT2D eigenvalue weighted by Gasteiger charge is 2.12. The van der Waals surface area contributed by atoms with E-state index in [-0.39, 0.29) is 6.04 Å². The van der Waals surface area contributed by atoms with Crippen LogP contribution in [0.4, 0.5) is 5.00 Å². The second kappa shape index (κ2) is 13.4. The minimum atomic E-state index is 0.171. The Morgan fingerprint density at radius 1 is 1.24 bits per heavy atom. The molecule has 0 bridgehead atoms. The number of aliphatic imine (C=N–C) groups is 1. The molecule has 0 amide bonds. The van der Waals surface area contributed by atoms with Crippen molar-refractivity contribution in [2.45, 2.75) is 32.9 Å². The second-order valence-corrected chi connectivity index (χ2v) is 7.12. The number of nitrogens with one attached hydrogen (secondary N) is 1. The van der Waals surface area contributed by atoms with Gasteiger partial charge >= 0.3 is 0 Å². The molecule has 1 atom stereocenters. The molecule has 0 spiro atoms. The van der Waals surface area contributed by atoms with Crippen LogP contribution in [-0.2, 0) is 13.0 Å². The molecule has 1 heterocycles. The van der Waals surface area contributed by atoms with Crippen molar-refractivity contribution in [2.24, 2.45) is 10.7 Å². The third kappa shape index (κ3) is 7.60. The predicted octanol–water partition coefficient (Wildman–Crippen LogP) is 4.40. The molecule has 0 radical (unpaired) electrons. The highest BCUT2D eigenvalue weighted by Crippen LogP contribution is 2.31. The van der Waals surface area contributed by atoms with Crippen molar-refractivity contribution in [1.82, 2.24) is 0 Å². The summed E-state index contributed by atoms with van der Waals surface area (Å²) < 4.78 is 10.6. The standard InChI is InChI=1S/C21H25N3O2S.CH5N/c1-5-6-9-23-15(2)10-18-12-17(13-22)21(27-18)24-14-16-7-8-19(25-3)20(11-16)26-4;1-2/h5-9,11-12,15,24H,10,14H2,1-4H3;2H2,1H3/b6-5-,23-9?;. The Morgan fingerprint density at radius 2 is 1.97 bits per heavy atom. The number of thiophene rings is 1. The van der Waals surface area contributed by atoms with Gasteiger partial charge in [0.05, 0.1) is 25.8 Å². The molecule has 2 aromatic rings. The van der Waals surface area contributed by atoms with Crippen molar-refractivity contribution in [3.63, 3.8) is 0 Å². The largest absolute Gasteiger partial charge is 0.493 e. The molecule has 6 nitrogen and oxygen atoms in total. The summed E-state index contributed by atoms with van der Waals surface area (Å²) >= 11 is 1.61. The maximum atomic E-state index is 9.43. The van der Waals surface area contributed by atoms with Gasteiger partial charge in [-0.15, -0.1) is 11.3 Å². The van der Waals surface area contributed by atoms with E-state index in [0.29, 0.717) is 23.6 Å². The molecule has 2 rings (SSSR count). The van der Waals surface area contributed by atoms with Gasteiger partial charge in [0, 0.05) is 24.1 Å². The average molecular weight is 415 g/mol. The second-order valence-electron chi connectivity index (χ2n) is 5.99. The Balaban J connectivity index is 0.00000204. The SMILES string of the molecule is C/C=C\C=NC(C)Cc1cc(C#N)c(NCc2ccc(OC)c(OC)c2)s1.CN. The van der Waals surface area contributed by atoms with E-state index in [0.717, 1.165) is 21.9 Å². The highest BCUT2D eigenvalue weighted by molar-refractivity contribution is 7.16. The van der Waals surface area contributed by atoms with Crippen molar-refractivity contribution in [3.8, 4) is 17.6 Å². The van der Waals surface area contributed by atoms with Crippen LogP contribution >= 0.6 is 11.3 Å². The van der Waals surface area contributed by atoms with Crippen LogP contribution in [0.3, 0.4) is 0 Å². The van der Waals surface area contributed by atoms with Gasteiger partial charge in [-0.1, -0.05) is 12.1 Å². The van der Waals surface area contributed by atoms with Crippen LogP contribution in [0.5, 0.6) is 11.5 Å². The molecule has 3 N–H and O–H groups in total. The fourth-order valence-corrected chi connectivity index (χ4v) is 3.68. The number of methoxy groups -OCH3 is 2. The molecule has 0 aliphatic carbocycles. The zero-order chi connectivity index (χ0) is 21.6. The molecule has 0 saturated carbocycles. The van der Waals surface area contributed by atoms with Gasteiger partial charge in [0.25, 0.3) is 0 Å². The molecule has 7 heteroatoms. The van der Waals surface area contributed by atoms with Gasteiger partial charge < -0.3 is 20.5 Å². The van der Waals surface area contributed by atoms with Gasteiger partial charge in [0.15, 0.2) is 11.5 Å². The Kier molecular flexibility index (Phi) is 11.2. The van der Waals surface area contributed by atoms with Crippen molar-refractivity contribution >= 4 is 22.6 Å². The summed E-state index contributed by atoms with van der Waals surface area (Å²) in [5.74, 6) is 1.39. The third-order valence-corrected chi connectivity index (χ3v) is 5.04. The van der Waals surface area contributed by atoms with Gasteiger partial charge in [-0.25, -0.2) is 0 Å². The molecule has 1 unspecified atom stereocenters. The van der Waals surface area contributed by atoms with Crippen LogP contribution in [0.25, 0.3) is 0 Å². The Morgan fingerprint density at radius 3 is 2.59 bits per heavy atom. The number of nitriles is 1. The summed E-state index contributed by atoms with van der Waals surface area (Å²) in [7, 11) is 4.74. The molecule has 29 heavy (non-hydrogen) atoms. The number of nitrogens with zero attached hydrogens (tertiary/aromatic N) is 2. The van der Waals surface area contributed by atoms with E-state index in [1.165, 1.54) is 7.05 Å². The van der Waals surface area contributed by atoms with Gasteiger partial charge in [-0.05, 0) is 50.7 Å². The fourth-order valence-electron chi connectivity index (χ4n) is 2.56. The summed E-state index contributed by atoms with van der Waals surface area (Å²) in [4.78, 5) is 5.61. The zero-order valence-electron chi connectivity index (χ0n) is 17.7. The number of ether oxygens (including phenoxy) is 2. The van der Waals surface area contributed by atoms with Crippen molar-refractivity contribution < 1.29 is 9.47 Å². The lowest BCUT2D eigenvalue weighted by molar-refractivity contribution is 0.354. The number of benzene rings is 1. The first-order valence-electron chi connectivity index (χ1n) is 9.31. The monoisotopic (exact) mass is 414 g/mol. The van der Waals surface area contributed by atoms with Crippen molar-refractivity contribution in [1.29, 1.82) is 5.26 Å². The predicted molar refractivity (Wildman–Crippen MR) is 122 cm³/mol. The zero-order valence-corrected chi connectivity index (χ0v) is 18.5. The topological polar surface area (TPSA) is 92.7 Å². The van der Waals surface area contributed by atoms with E-state index in [1.807, 2.05) is 49.6 Å². The molecular weight excluding hydrogens is 384 g/mol. The van der Waals surface area contributed by atoms with Gasteiger partial charge in [-0.3, -0.25) is 4.99 Å². The average Bonchev–Trinajstić information content (AvgIpc) is 3.15. The van der Waals surface area contributed by atoms with Crippen molar-refractivity contribution in [3.05, 3.63) is 52.4 Å². The number of rotatable bonds is 9. The lowest BCUT2D eigenvalue weighted by Crippen LogP contribution is -2.01. The normalized spacial score (nSPS) is 11.6. The van der Waals surface area contributed by atoms with Crippen LogP contribution in [0.1, 0.15) is 29.9 Å². The van der Waals surface area contributed by atoms with Crippen molar-refractivity contribution in [2.75, 3.05) is 26.6 Å². The van der Waals surface area contributed by atoms with E-state index in [2.05, 4.69) is 29.0 Å². The fraction of sp³-hybridized carbons (Fsp3) is 0.364. The number of nitrogens with two attached hydrogens (primary N) is 1. The van der Waals surface area contributed by atoms with E-state index < -0.39 is 0 Å². The molecule has 1 aromatic carbocycles. The first-order valence-corrected chi connectivity index (χ1v) is 10.1. The first kappa shape index (κ1) is 24.2. The van der Waals surface area contributed by atoms with Crippen LogP contribution < -0.4 is 20.5 Å². The first-order chi connectivity index (χ1) is 14.1. The summed E-state index contributed by atoms with van der Waals surface area (Å²) in [6.45, 7) is 4.64. The van der Waals surface area contributed by atoms with E-state index in [1.54, 1.807) is 25.6 Å². The van der Waals surface area contributed by atoms with E-state index >= 15 is 0 Å². The van der Waals surface area contributed by atoms with Crippen LogP contribution in [-0.4, -0.2) is 33.5 Å². The third-order valence-electron chi connectivity index (χ3n) is 3.92. The molecule has 156 valence electrons. The van der Waals surface area contributed by atoms with Crippen LogP contribution in [0.2, 0.25) is 0 Å². The summed E-state index contributed by atoms with van der Waals surface area (Å²) in [6, 6.07) is 10.2. The minimum Gasteiger partial charge on any atom is -0.493 e. The Labute approximate surface area is 177 Å². The summed E-state index contributed by atoms with van der Waals surface area (Å²) in [6.07, 6.45) is 6.50. The summed E-state index contributed by atoms with van der Waals surface area (Å²) in [5, 5.41) is 13.7. The van der Waals surface area contributed by atoms with Crippen LogP contribution in [0, 0.1) is 11.3 Å². The number of anilines is 1. The number of hydrogen-bond acceptors (Lipinski definition) is 7.